The summed E-state index contributed by atoms with van der Waals surface area (Å²) in [5, 5.41) is 5.76. The maximum atomic E-state index is 11.8. The van der Waals surface area contributed by atoms with Gasteiger partial charge >= 0.3 is 0 Å². The van der Waals surface area contributed by atoms with Crippen LogP contribution in [0.2, 0.25) is 0 Å². The highest BCUT2D eigenvalue weighted by atomic mass is 79.9. The molecule has 1 aromatic rings. The molecule has 0 radical (unpaired) electrons. The van der Waals surface area contributed by atoms with E-state index in [1.54, 1.807) is 19.2 Å². The van der Waals surface area contributed by atoms with Gasteiger partial charge in [0.15, 0.2) is 0 Å². The van der Waals surface area contributed by atoms with E-state index in [1.165, 1.54) is 0 Å². The van der Waals surface area contributed by atoms with Gasteiger partial charge in [-0.25, -0.2) is 0 Å². The normalized spacial score (nSPS) is 9.35. The SMILES string of the molecule is CNCCNC(=O)c1ccc(Br)cc1OC.Cl. The number of ether oxygens (including phenoxy) is 1. The first-order valence-corrected chi connectivity index (χ1v) is 5.74. The van der Waals surface area contributed by atoms with Crippen molar-refractivity contribution in [1.82, 2.24) is 10.6 Å². The highest BCUT2D eigenvalue weighted by Gasteiger charge is 2.11. The van der Waals surface area contributed by atoms with E-state index in [1.807, 2.05) is 13.1 Å². The third-order valence-corrected chi connectivity index (χ3v) is 2.56. The van der Waals surface area contributed by atoms with Gasteiger partial charge in [0.1, 0.15) is 5.75 Å². The smallest absolute Gasteiger partial charge is 0.255 e. The van der Waals surface area contributed by atoms with E-state index in [0.717, 1.165) is 11.0 Å². The Hall–Kier alpha value is -0.780. The van der Waals surface area contributed by atoms with Gasteiger partial charge in [0, 0.05) is 17.6 Å². The summed E-state index contributed by atoms with van der Waals surface area (Å²) in [7, 11) is 3.39. The van der Waals surface area contributed by atoms with E-state index in [0.29, 0.717) is 17.9 Å². The summed E-state index contributed by atoms with van der Waals surface area (Å²) in [6, 6.07) is 5.32. The number of methoxy groups -OCH3 is 1. The molecule has 0 fully saturated rings. The number of rotatable bonds is 5. The molecule has 1 aromatic carbocycles. The fraction of sp³-hybridized carbons (Fsp3) is 0.364. The van der Waals surface area contributed by atoms with Crippen LogP contribution in [0, 0.1) is 0 Å². The summed E-state index contributed by atoms with van der Waals surface area (Å²) in [6.07, 6.45) is 0. The minimum absolute atomic E-state index is 0. The second-order valence-corrected chi connectivity index (χ2v) is 4.12. The van der Waals surface area contributed by atoms with Crippen LogP contribution in [0.15, 0.2) is 22.7 Å². The maximum absolute atomic E-state index is 11.8. The molecule has 1 rings (SSSR count). The molecule has 4 nitrogen and oxygen atoms in total. The molecule has 0 aromatic heterocycles. The Kier molecular flexibility index (Phi) is 7.95. The van der Waals surface area contributed by atoms with Crippen molar-refractivity contribution in [1.29, 1.82) is 0 Å². The molecule has 0 aliphatic heterocycles. The van der Waals surface area contributed by atoms with Crippen LogP contribution >= 0.6 is 28.3 Å². The van der Waals surface area contributed by atoms with Crippen LogP contribution in [-0.2, 0) is 0 Å². The van der Waals surface area contributed by atoms with Crippen molar-refractivity contribution in [3.05, 3.63) is 28.2 Å². The summed E-state index contributed by atoms with van der Waals surface area (Å²) >= 11 is 3.33. The van der Waals surface area contributed by atoms with Crippen LogP contribution in [0.25, 0.3) is 0 Å². The summed E-state index contributed by atoms with van der Waals surface area (Å²) < 4.78 is 6.03. The van der Waals surface area contributed by atoms with Gasteiger partial charge in [-0.15, -0.1) is 12.4 Å². The third kappa shape index (κ3) is 4.93. The first-order chi connectivity index (χ1) is 7.69. The monoisotopic (exact) mass is 322 g/mol. The number of halogens is 2. The van der Waals surface area contributed by atoms with Gasteiger partial charge in [0.05, 0.1) is 12.7 Å². The number of benzene rings is 1. The van der Waals surface area contributed by atoms with Crippen molar-refractivity contribution < 1.29 is 9.53 Å². The van der Waals surface area contributed by atoms with Gasteiger partial charge in [-0.1, -0.05) is 15.9 Å². The molecule has 0 unspecified atom stereocenters. The van der Waals surface area contributed by atoms with E-state index in [4.69, 9.17) is 4.74 Å². The minimum atomic E-state index is -0.125. The van der Waals surface area contributed by atoms with E-state index in [-0.39, 0.29) is 18.3 Å². The van der Waals surface area contributed by atoms with Gasteiger partial charge in [0.25, 0.3) is 5.91 Å². The van der Waals surface area contributed by atoms with Crippen LogP contribution in [0.1, 0.15) is 10.4 Å². The van der Waals surface area contributed by atoms with Crippen LogP contribution in [0.4, 0.5) is 0 Å². The summed E-state index contributed by atoms with van der Waals surface area (Å²) in [5.41, 5.74) is 0.543. The van der Waals surface area contributed by atoms with Crippen LogP contribution in [0.3, 0.4) is 0 Å². The molecule has 0 aliphatic carbocycles. The Labute approximate surface area is 116 Å². The number of carbonyl (C=O) groups excluding carboxylic acids is 1. The van der Waals surface area contributed by atoms with Crippen LogP contribution in [-0.4, -0.2) is 33.2 Å². The highest BCUT2D eigenvalue weighted by Crippen LogP contribution is 2.23. The molecule has 0 aliphatic rings. The summed E-state index contributed by atoms with van der Waals surface area (Å²) in [5.74, 6) is 0.441. The predicted molar refractivity (Wildman–Crippen MR) is 74.2 cm³/mol. The summed E-state index contributed by atoms with van der Waals surface area (Å²) in [4.78, 5) is 11.8. The molecule has 0 atom stereocenters. The number of amides is 1. The third-order valence-electron chi connectivity index (χ3n) is 2.07. The fourth-order valence-corrected chi connectivity index (χ4v) is 1.59. The first kappa shape index (κ1) is 16.2. The van der Waals surface area contributed by atoms with E-state index in [9.17, 15) is 4.79 Å². The first-order valence-electron chi connectivity index (χ1n) is 4.95. The van der Waals surface area contributed by atoms with Gasteiger partial charge in [0.2, 0.25) is 0 Å². The lowest BCUT2D eigenvalue weighted by Crippen LogP contribution is -2.30. The average Bonchev–Trinajstić information content (AvgIpc) is 2.29. The lowest BCUT2D eigenvalue weighted by molar-refractivity contribution is 0.0951. The Morgan fingerprint density at radius 1 is 1.41 bits per heavy atom. The van der Waals surface area contributed by atoms with Crippen LogP contribution in [0.5, 0.6) is 5.75 Å². The van der Waals surface area contributed by atoms with Crippen molar-refractivity contribution in [3.8, 4) is 5.75 Å². The van der Waals surface area contributed by atoms with E-state index in [2.05, 4.69) is 26.6 Å². The minimum Gasteiger partial charge on any atom is -0.496 e. The second kappa shape index (κ2) is 8.33. The molecule has 0 saturated heterocycles. The van der Waals surface area contributed by atoms with Crippen molar-refractivity contribution in [2.45, 2.75) is 0 Å². The molecule has 0 heterocycles. The van der Waals surface area contributed by atoms with Gasteiger partial charge < -0.3 is 15.4 Å². The Morgan fingerprint density at radius 3 is 2.71 bits per heavy atom. The van der Waals surface area contributed by atoms with Crippen LogP contribution < -0.4 is 15.4 Å². The second-order valence-electron chi connectivity index (χ2n) is 3.20. The number of nitrogens with one attached hydrogen (secondary N) is 2. The van der Waals surface area contributed by atoms with Gasteiger partial charge in [-0.2, -0.15) is 0 Å². The van der Waals surface area contributed by atoms with Crippen molar-refractivity contribution >= 4 is 34.2 Å². The molecular formula is C11H16BrClN2O2. The lowest BCUT2D eigenvalue weighted by Gasteiger charge is -2.09. The number of carbonyl (C=O) groups is 1. The Bertz CT molecular complexity index is 374. The molecule has 1 amide bonds. The Balaban J connectivity index is 0.00000256. The lowest BCUT2D eigenvalue weighted by atomic mass is 10.2. The van der Waals surface area contributed by atoms with Crippen molar-refractivity contribution in [2.75, 3.05) is 27.2 Å². The Morgan fingerprint density at radius 2 is 2.12 bits per heavy atom. The zero-order chi connectivity index (χ0) is 12.0. The zero-order valence-corrected chi connectivity index (χ0v) is 12.2. The molecule has 17 heavy (non-hydrogen) atoms. The van der Waals surface area contributed by atoms with Crippen molar-refractivity contribution in [2.24, 2.45) is 0 Å². The van der Waals surface area contributed by atoms with Gasteiger partial charge in [-0.3, -0.25) is 4.79 Å². The topological polar surface area (TPSA) is 50.4 Å². The zero-order valence-electron chi connectivity index (χ0n) is 9.75. The van der Waals surface area contributed by atoms with E-state index < -0.39 is 0 Å². The summed E-state index contributed by atoms with van der Waals surface area (Å²) in [6.45, 7) is 1.33. The number of likely N-dealkylation sites (N-methyl/N-ethyl adjacent to an activating group) is 1. The molecule has 6 heteroatoms. The number of hydrogen-bond acceptors (Lipinski definition) is 3. The average molecular weight is 324 g/mol. The standard InChI is InChI=1S/C11H15BrN2O2.ClH/c1-13-5-6-14-11(15)9-4-3-8(12)7-10(9)16-2;/h3-4,7,13H,5-6H2,1-2H3,(H,14,15);1H. The largest absolute Gasteiger partial charge is 0.496 e. The quantitative estimate of drug-likeness (QED) is 0.813. The van der Waals surface area contributed by atoms with E-state index >= 15 is 0 Å². The number of hydrogen-bond donors (Lipinski definition) is 2. The fourth-order valence-electron chi connectivity index (χ4n) is 1.25. The molecule has 0 saturated carbocycles. The molecular weight excluding hydrogens is 307 g/mol. The maximum Gasteiger partial charge on any atom is 0.255 e. The molecule has 96 valence electrons. The van der Waals surface area contributed by atoms with Crippen molar-refractivity contribution in [3.63, 3.8) is 0 Å². The predicted octanol–water partition coefficient (Wildman–Crippen LogP) is 1.83. The molecule has 0 spiro atoms. The highest BCUT2D eigenvalue weighted by molar-refractivity contribution is 9.10. The van der Waals surface area contributed by atoms with Gasteiger partial charge in [-0.05, 0) is 25.2 Å². The molecule has 2 N–H and O–H groups in total. The molecule has 0 bridgehead atoms.